The average molecular weight is 484 g/mol. The number of aromatic nitrogens is 1. The van der Waals surface area contributed by atoms with Gasteiger partial charge in [0.2, 0.25) is 0 Å². The molecule has 0 fully saturated rings. The number of carbonyl (C=O) groups excluding carboxylic acids is 2. The van der Waals surface area contributed by atoms with E-state index in [1.165, 1.54) is 0 Å². The highest BCUT2D eigenvalue weighted by atomic mass is 16.5. The Morgan fingerprint density at radius 1 is 0.972 bits per heavy atom. The van der Waals surface area contributed by atoms with Crippen LogP contribution in [0.2, 0.25) is 0 Å². The van der Waals surface area contributed by atoms with E-state index in [1.54, 1.807) is 44.4 Å². The minimum Gasteiger partial charge on any atom is -0.493 e. The smallest absolute Gasteiger partial charge is 0.262 e. The van der Waals surface area contributed by atoms with E-state index in [0.29, 0.717) is 45.1 Å². The molecule has 1 aromatic heterocycles. The van der Waals surface area contributed by atoms with Gasteiger partial charge in [-0.3, -0.25) is 9.59 Å². The molecule has 36 heavy (non-hydrogen) atoms. The summed E-state index contributed by atoms with van der Waals surface area (Å²) in [4.78, 5) is 33.0. The third-order valence-electron chi connectivity index (χ3n) is 6.18. The number of pyridine rings is 1. The van der Waals surface area contributed by atoms with E-state index in [2.05, 4.69) is 5.32 Å². The van der Waals surface area contributed by atoms with Crippen molar-refractivity contribution in [1.82, 2.24) is 10.3 Å². The molecule has 1 atom stereocenters. The number of nitrogens with zero attached hydrogens (tertiary/aromatic N) is 2. The fourth-order valence-corrected chi connectivity index (χ4v) is 4.37. The molecule has 0 saturated carbocycles. The van der Waals surface area contributed by atoms with Gasteiger partial charge in [0.1, 0.15) is 5.75 Å². The van der Waals surface area contributed by atoms with E-state index < -0.39 is 6.10 Å². The lowest BCUT2D eigenvalue weighted by molar-refractivity contribution is -0.127. The van der Waals surface area contributed by atoms with E-state index in [1.807, 2.05) is 54.6 Å². The number of rotatable bonds is 5. The highest BCUT2D eigenvalue weighted by Crippen LogP contribution is 2.37. The summed E-state index contributed by atoms with van der Waals surface area (Å²) in [6, 6.07) is 22.0. The summed E-state index contributed by atoms with van der Waals surface area (Å²) in [6.07, 6.45) is -0.827. The van der Waals surface area contributed by atoms with Gasteiger partial charge in [0.25, 0.3) is 11.8 Å². The number of hydrogen-bond acceptors (Lipinski definition) is 6. The maximum atomic E-state index is 14.1. The van der Waals surface area contributed by atoms with E-state index in [9.17, 15) is 9.59 Å². The fraction of sp³-hybridized carbons (Fsp3) is 0.179. The number of ether oxygens (including phenoxy) is 3. The second-order valence-electron chi connectivity index (χ2n) is 8.25. The van der Waals surface area contributed by atoms with Crippen LogP contribution in [0.15, 0.2) is 72.8 Å². The minimum atomic E-state index is -0.827. The van der Waals surface area contributed by atoms with Gasteiger partial charge in [-0.1, -0.05) is 30.3 Å². The van der Waals surface area contributed by atoms with Crippen LogP contribution >= 0.6 is 0 Å². The number of likely N-dealkylation sites (N-methyl/N-ethyl adjacent to an activating group) is 1. The Morgan fingerprint density at radius 2 is 1.72 bits per heavy atom. The largest absolute Gasteiger partial charge is 0.493 e. The molecule has 0 saturated heterocycles. The van der Waals surface area contributed by atoms with Crippen molar-refractivity contribution in [2.75, 3.05) is 32.7 Å². The molecule has 0 radical (unpaired) electrons. The zero-order valence-corrected chi connectivity index (χ0v) is 20.1. The molecule has 8 heteroatoms. The molecule has 4 aromatic rings. The van der Waals surface area contributed by atoms with Crippen LogP contribution in [-0.2, 0) is 4.79 Å². The Morgan fingerprint density at radius 3 is 2.50 bits per heavy atom. The third kappa shape index (κ3) is 4.07. The Hall–Kier alpha value is -4.59. The topological polar surface area (TPSA) is 90.0 Å². The lowest BCUT2D eigenvalue weighted by atomic mass is 10.0. The van der Waals surface area contributed by atoms with Gasteiger partial charge in [0.15, 0.2) is 17.6 Å². The van der Waals surface area contributed by atoms with Gasteiger partial charge in [-0.2, -0.15) is 0 Å². The van der Waals surface area contributed by atoms with Crippen molar-refractivity contribution in [3.8, 4) is 28.5 Å². The first kappa shape index (κ1) is 23.2. The predicted octanol–water partition coefficient (Wildman–Crippen LogP) is 4.07. The van der Waals surface area contributed by atoms with E-state index in [4.69, 9.17) is 19.2 Å². The molecule has 0 bridgehead atoms. The monoisotopic (exact) mass is 483 g/mol. The molecule has 1 aliphatic rings. The summed E-state index contributed by atoms with van der Waals surface area (Å²) in [5, 5.41) is 3.33. The molecular formula is C28H25N3O5. The number of methoxy groups -OCH3 is 2. The van der Waals surface area contributed by atoms with Crippen molar-refractivity contribution in [2.24, 2.45) is 0 Å². The summed E-state index contributed by atoms with van der Waals surface area (Å²) < 4.78 is 16.7. The highest BCUT2D eigenvalue weighted by molar-refractivity contribution is 6.15. The number of para-hydroxylation sites is 3. The fourth-order valence-electron chi connectivity index (χ4n) is 4.37. The lowest BCUT2D eigenvalue weighted by Crippen LogP contribution is -2.50. The summed E-state index contributed by atoms with van der Waals surface area (Å²) in [7, 11) is 4.70. The second kappa shape index (κ2) is 9.58. The molecule has 1 N–H and O–H groups in total. The summed E-state index contributed by atoms with van der Waals surface area (Å²) in [6.45, 7) is 0.0812. The summed E-state index contributed by atoms with van der Waals surface area (Å²) in [5.74, 6) is 1.09. The summed E-state index contributed by atoms with van der Waals surface area (Å²) >= 11 is 0. The Labute approximate surface area is 208 Å². The first-order valence-electron chi connectivity index (χ1n) is 11.5. The number of anilines is 1. The second-order valence-corrected chi connectivity index (χ2v) is 8.25. The molecule has 3 aromatic carbocycles. The lowest BCUT2D eigenvalue weighted by Gasteiger charge is -2.34. The maximum absolute atomic E-state index is 14.1. The van der Waals surface area contributed by atoms with E-state index >= 15 is 0 Å². The number of amides is 2. The van der Waals surface area contributed by atoms with Gasteiger partial charge < -0.3 is 24.4 Å². The Kier molecular flexibility index (Phi) is 6.16. The zero-order chi connectivity index (χ0) is 25.2. The maximum Gasteiger partial charge on any atom is 0.262 e. The van der Waals surface area contributed by atoms with Crippen molar-refractivity contribution in [2.45, 2.75) is 6.10 Å². The first-order chi connectivity index (χ1) is 17.5. The molecule has 2 amide bonds. The van der Waals surface area contributed by atoms with Gasteiger partial charge in [0, 0.05) is 18.0 Å². The molecule has 182 valence electrons. The minimum absolute atomic E-state index is 0.0812. The van der Waals surface area contributed by atoms with Crippen molar-refractivity contribution in [3.63, 3.8) is 0 Å². The molecule has 0 spiro atoms. The van der Waals surface area contributed by atoms with Crippen LogP contribution in [0.4, 0.5) is 5.69 Å². The Bertz CT molecular complexity index is 1470. The summed E-state index contributed by atoms with van der Waals surface area (Å²) in [5.41, 5.74) is 3.15. The average Bonchev–Trinajstić information content (AvgIpc) is 2.94. The van der Waals surface area contributed by atoms with Crippen molar-refractivity contribution >= 4 is 28.4 Å². The molecule has 0 aliphatic carbocycles. The highest BCUT2D eigenvalue weighted by Gasteiger charge is 2.34. The number of nitrogens with one attached hydrogen (secondary N) is 1. The molecule has 1 aliphatic heterocycles. The van der Waals surface area contributed by atoms with Crippen LogP contribution in [0, 0.1) is 0 Å². The first-order valence-corrected chi connectivity index (χ1v) is 11.5. The molecular weight excluding hydrogens is 458 g/mol. The Balaban J connectivity index is 1.64. The SMILES string of the molecule is CNC(=O)C1CN(C(=O)c2cc(-c3ccc(OC)c(OC)c3)nc3ccccc23)c2ccccc2O1. The van der Waals surface area contributed by atoms with Gasteiger partial charge in [0.05, 0.1) is 43.2 Å². The van der Waals surface area contributed by atoms with Crippen LogP contribution in [0.1, 0.15) is 10.4 Å². The van der Waals surface area contributed by atoms with Crippen molar-refractivity contribution < 1.29 is 23.8 Å². The number of benzene rings is 3. The molecule has 8 nitrogen and oxygen atoms in total. The van der Waals surface area contributed by atoms with Gasteiger partial charge in [-0.15, -0.1) is 0 Å². The quantitative estimate of drug-likeness (QED) is 0.460. The number of carbonyl (C=O) groups is 2. The van der Waals surface area contributed by atoms with Crippen molar-refractivity contribution in [1.29, 1.82) is 0 Å². The molecule has 1 unspecified atom stereocenters. The van der Waals surface area contributed by atoms with E-state index in [0.717, 1.165) is 5.56 Å². The number of fused-ring (bicyclic) bond motifs is 2. The molecule has 5 rings (SSSR count). The zero-order valence-electron chi connectivity index (χ0n) is 20.1. The third-order valence-corrected chi connectivity index (χ3v) is 6.18. The van der Waals surface area contributed by atoms with Crippen molar-refractivity contribution in [3.05, 3.63) is 78.4 Å². The van der Waals surface area contributed by atoms with Gasteiger partial charge in [-0.05, 0) is 42.5 Å². The number of hydrogen-bond donors (Lipinski definition) is 1. The standard InChI is InChI=1S/C28H25N3O5/c1-29-27(32)26-16-31(22-10-6-7-11-23(22)36-26)28(33)19-15-21(30-20-9-5-4-8-18(19)20)17-12-13-24(34-2)25(14-17)35-3/h4-15,26H,16H2,1-3H3,(H,29,32). The normalized spacial score (nSPS) is 14.5. The van der Waals surface area contributed by atoms with Crippen LogP contribution in [0.5, 0.6) is 17.2 Å². The van der Waals surface area contributed by atoms with E-state index in [-0.39, 0.29) is 18.4 Å². The van der Waals surface area contributed by atoms with Crippen LogP contribution < -0.4 is 24.4 Å². The predicted molar refractivity (Wildman–Crippen MR) is 137 cm³/mol. The van der Waals surface area contributed by atoms with Crippen LogP contribution in [-0.4, -0.2) is 50.7 Å². The van der Waals surface area contributed by atoms with Crippen LogP contribution in [0.25, 0.3) is 22.2 Å². The van der Waals surface area contributed by atoms with Gasteiger partial charge in [-0.25, -0.2) is 4.98 Å². The van der Waals surface area contributed by atoms with Crippen LogP contribution in [0.3, 0.4) is 0 Å². The van der Waals surface area contributed by atoms with Gasteiger partial charge >= 0.3 is 0 Å². The molecule has 2 heterocycles.